The summed E-state index contributed by atoms with van der Waals surface area (Å²) < 4.78 is 0. The van der Waals surface area contributed by atoms with Gasteiger partial charge in [-0.1, -0.05) is 58.8 Å². The molecule has 1 unspecified atom stereocenters. The fourth-order valence-electron chi connectivity index (χ4n) is 2.17. The molecule has 0 fully saturated rings. The van der Waals surface area contributed by atoms with Gasteiger partial charge in [0, 0.05) is 12.6 Å². The Labute approximate surface area is 115 Å². The van der Waals surface area contributed by atoms with Crippen molar-refractivity contribution in [2.45, 2.75) is 84.6 Å². The molecule has 2 heteroatoms. The highest BCUT2D eigenvalue weighted by atomic mass is 15.0. The molecule has 2 N–H and O–H groups in total. The highest BCUT2D eigenvalue weighted by Gasteiger charge is 1.99. The SMILES string of the molecule is CCCCCCCCCCNC(C)CNCCC. The summed E-state index contributed by atoms with van der Waals surface area (Å²) in [5.41, 5.74) is 0. The molecule has 0 aromatic heterocycles. The highest BCUT2D eigenvalue weighted by molar-refractivity contribution is 4.63. The van der Waals surface area contributed by atoms with Crippen LogP contribution in [0.15, 0.2) is 0 Å². The van der Waals surface area contributed by atoms with Gasteiger partial charge in [-0.3, -0.25) is 0 Å². The molecule has 0 aromatic carbocycles. The second-order valence-corrected chi connectivity index (χ2v) is 5.53. The van der Waals surface area contributed by atoms with E-state index in [0.717, 1.165) is 13.1 Å². The van der Waals surface area contributed by atoms with E-state index in [1.807, 2.05) is 0 Å². The van der Waals surface area contributed by atoms with Gasteiger partial charge >= 0.3 is 0 Å². The summed E-state index contributed by atoms with van der Waals surface area (Å²) >= 11 is 0. The summed E-state index contributed by atoms with van der Waals surface area (Å²) in [6.45, 7) is 10.2. The molecule has 110 valence electrons. The van der Waals surface area contributed by atoms with Crippen LogP contribution >= 0.6 is 0 Å². The van der Waals surface area contributed by atoms with Gasteiger partial charge in [-0.2, -0.15) is 0 Å². The van der Waals surface area contributed by atoms with Gasteiger partial charge < -0.3 is 10.6 Å². The van der Waals surface area contributed by atoms with Crippen molar-refractivity contribution in [3.63, 3.8) is 0 Å². The summed E-state index contributed by atoms with van der Waals surface area (Å²) in [7, 11) is 0. The lowest BCUT2D eigenvalue weighted by Gasteiger charge is -2.14. The number of hydrogen-bond donors (Lipinski definition) is 2. The highest BCUT2D eigenvalue weighted by Crippen LogP contribution is 2.07. The van der Waals surface area contributed by atoms with Crippen molar-refractivity contribution in [2.24, 2.45) is 0 Å². The molecule has 0 aromatic rings. The molecule has 0 saturated heterocycles. The van der Waals surface area contributed by atoms with Crippen LogP contribution in [0.4, 0.5) is 0 Å². The van der Waals surface area contributed by atoms with Crippen molar-refractivity contribution in [2.75, 3.05) is 19.6 Å². The minimum atomic E-state index is 0.612. The largest absolute Gasteiger partial charge is 0.315 e. The number of hydrogen-bond acceptors (Lipinski definition) is 2. The third-order valence-corrected chi connectivity index (χ3v) is 3.40. The van der Waals surface area contributed by atoms with Crippen molar-refractivity contribution < 1.29 is 0 Å². The minimum Gasteiger partial charge on any atom is -0.315 e. The number of unbranched alkanes of at least 4 members (excludes halogenated alkanes) is 7. The van der Waals surface area contributed by atoms with Crippen molar-refractivity contribution in [3.05, 3.63) is 0 Å². The standard InChI is InChI=1S/C16H36N2/c1-4-6-7-8-9-10-11-12-14-18-16(3)15-17-13-5-2/h16-18H,4-15H2,1-3H3. The monoisotopic (exact) mass is 256 g/mol. The first-order valence-corrected chi connectivity index (χ1v) is 8.25. The quantitative estimate of drug-likeness (QED) is 0.457. The number of nitrogens with one attached hydrogen (secondary N) is 2. The van der Waals surface area contributed by atoms with Crippen LogP contribution in [-0.2, 0) is 0 Å². The lowest BCUT2D eigenvalue weighted by Crippen LogP contribution is -2.37. The molecule has 0 rings (SSSR count). The number of rotatable bonds is 14. The Morgan fingerprint density at radius 3 is 1.94 bits per heavy atom. The Morgan fingerprint density at radius 1 is 0.722 bits per heavy atom. The molecule has 0 saturated carbocycles. The van der Waals surface area contributed by atoms with E-state index in [1.165, 1.54) is 64.3 Å². The van der Waals surface area contributed by atoms with Gasteiger partial charge in [-0.25, -0.2) is 0 Å². The zero-order valence-corrected chi connectivity index (χ0v) is 13.1. The van der Waals surface area contributed by atoms with Gasteiger partial charge in [0.2, 0.25) is 0 Å². The van der Waals surface area contributed by atoms with Gasteiger partial charge in [-0.05, 0) is 32.9 Å². The van der Waals surface area contributed by atoms with Gasteiger partial charge in [-0.15, -0.1) is 0 Å². The van der Waals surface area contributed by atoms with E-state index in [2.05, 4.69) is 31.4 Å². The zero-order chi connectivity index (χ0) is 13.5. The lowest BCUT2D eigenvalue weighted by molar-refractivity contribution is 0.482. The maximum absolute atomic E-state index is 3.59. The van der Waals surface area contributed by atoms with Crippen LogP contribution in [-0.4, -0.2) is 25.7 Å². The third kappa shape index (κ3) is 14.0. The second kappa shape index (κ2) is 15.0. The maximum atomic E-state index is 3.59. The van der Waals surface area contributed by atoms with Crippen molar-refractivity contribution in [1.82, 2.24) is 10.6 Å². The molecule has 0 radical (unpaired) electrons. The van der Waals surface area contributed by atoms with Crippen LogP contribution in [0.3, 0.4) is 0 Å². The molecule has 0 aliphatic rings. The molecule has 0 bridgehead atoms. The summed E-state index contributed by atoms with van der Waals surface area (Å²) in [6, 6.07) is 0.612. The van der Waals surface area contributed by atoms with Crippen LogP contribution in [0.25, 0.3) is 0 Å². The topological polar surface area (TPSA) is 24.1 Å². The molecule has 18 heavy (non-hydrogen) atoms. The van der Waals surface area contributed by atoms with Crippen LogP contribution < -0.4 is 10.6 Å². The molecule has 0 amide bonds. The fourth-order valence-corrected chi connectivity index (χ4v) is 2.17. The van der Waals surface area contributed by atoms with Gasteiger partial charge in [0.15, 0.2) is 0 Å². The van der Waals surface area contributed by atoms with Gasteiger partial charge in [0.25, 0.3) is 0 Å². The average Bonchev–Trinajstić information content (AvgIpc) is 2.37. The Hall–Kier alpha value is -0.0800. The van der Waals surface area contributed by atoms with Crippen LogP contribution in [0, 0.1) is 0 Å². The Balaban J connectivity index is 3.05. The van der Waals surface area contributed by atoms with E-state index in [4.69, 9.17) is 0 Å². The van der Waals surface area contributed by atoms with Crippen LogP contribution in [0.1, 0.15) is 78.6 Å². The molecular weight excluding hydrogens is 220 g/mol. The predicted molar refractivity (Wildman–Crippen MR) is 83.2 cm³/mol. The first kappa shape index (κ1) is 17.9. The molecule has 0 aliphatic heterocycles. The minimum absolute atomic E-state index is 0.612. The van der Waals surface area contributed by atoms with E-state index in [1.54, 1.807) is 0 Å². The van der Waals surface area contributed by atoms with E-state index >= 15 is 0 Å². The van der Waals surface area contributed by atoms with Crippen molar-refractivity contribution >= 4 is 0 Å². The first-order chi connectivity index (χ1) is 8.81. The summed E-state index contributed by atoms with van der Waals surface area (Å²) in [5, 5.41) is 7.04. The summed E-state index contributed by atoms with van der Waals surface area (Å²) in [5.74, 6) is 0. The predicted octanol–water partition coefficient (Wildman–Crippen LogP) is 4.10. The Morgan fingerprint density at radius 2 is 1.33 bits per heavy atom. The lowest BCUT2D eigenvalue weighted by atomic mass is 10.1. The van der Waals surface area contributed by atoms with Crippen LogP contribution in [0.2, 0.25) is 0 Å². The smallest absolute Gasteiger partial charge is 0.0164 e. The first-order valence-electron chi connectivity index (χ1n) is 8.25. The van der Waals surface area contributed by atoms with E-state index in [-0.39, 0.29) is 0 Å². The molecule has 0 spiro atoms. The molecule has 0 aliphatic carbocycles. The fraction of sp³-hybridized carbons (Fsp3) is 1.00. The van der Waals surface area contributed by atoms with Crippen LogP contribution in [0.5, 0.6) is 0 Å². The molecule has 2 nitrogen and oxygen atoms in total. The van der Waals surface area contributed by atoms with E-state index < -0.39 is 0 Å². The average molecular weight is 256 g/mol. The Kier molecular flexibility index (Phi) is 14.9. The normalized spacial score (nSPS) is 12.8. The molecule has 0 heterocycles. The summed E-state index contributed by atoms with van der Waals surface area (Å²) in [4.78, 5) is 0. The Bertz CT molecular complexity index is 148. The molecular formula is C16H36N2. The zero-order valence-electron chi connectivity index (χ0n) is 13.1. The van der Waals surface area contributed by atoms with Crippen molar-refractivity contribution in [1.29, 1.82) is 0 Å². The second-order valence-electron chi connectivity index (χ2n) is 5.53. The third-order valence-electron chi connectivity index (χ3n) is 3.40. The van der Waals surface area contributed by atoms with E-state index in [0.29, 0.717) is 6.04 Å². The van der Waals surface area contributed by atoms with E-state index in [9.17, 15) is 0 Å². The van der Waals surface area contributed by atoms with Gasteiger partial charge in [0.05, 0.1) is 0 Å². The van der Waals surface area contributed by atoms with Crippen molar-refractivity contribution in [3.8, 4) is 0 Å². The maximum Gasteiger partial charge on any atom is 0.0164 e. The molecule has 1 atom stereocenters. The van der Waals surface area contributed by atoms with Gasteiger partial charge in [0.1, 0.15) is 0 Å². The summed E-state index contributed by atoms with van der Waals surface area (Å²) in [6.07, 6.45) is 12.5.